The molecule has 1 saturated heterocycles. The molecule has 2 aromatic heterocycles. The molecular weight excluding hydrogens is 835 g/mol. The first kappa shape index (κ1) is 46.6. The summed E-state index contributed by atoms with van der Waals surface area (Å²) in [5.74, 6) is -3.23. The molecule has 328 valence electrons. The second-order valence-corrected chi connectivity index (χ2v) is 17.4. The minimum Gasteiger partial charge on any atom is -0.489 e. The number of β-lactam (4-membered cyclic amide) rings is 1. The number of thiazole rings is 1. The fourth-order valence-corrected chi connectivity index (χ4v) is 6.27. The number of ether oxygens (including phenoxy) is 3. The van der Waals surface area contributed by atoms with E-state index in [1.54, 1.807) is 76.7 Å². The molecule has 7 N–H and O–H groups in total. The van der Waals surface area contributed by atoms with Crippen LogP contribution in [0.25, 0.3) is 11.1 Å². The number of aryl methyl sites for hydroxylation is 1. The lowest BCUT2D eigenvalue weighted by Gasteiger charge is -2.50. The van der Waals surface area contributed by atoms with E-state index in [1.165, 1.54) is 19.2 Å². The summed E-state index contributed by atoms with van der Waals surface area (Å²) in [6.07, 6.45) is -0.892. The molecule has 2 unspecified atom stereocenters. The molecule has 1 aromatic carbocycles. The Morgan fingerprint density at radius 2 is 1.68 bits per heavy atom. The number of oxime groups is 1. The van der Waals surface area contributed by atoms with Gasteiger partial charge in [-0.15, -0.1) is 15.6 Å². The molecule has 23 nitrogen and oxygen atoms in total. The zero-order valence-corrected chi connectivity index (χ0v) is 35.5. The van der Waals surface area contributed by atoms with Gasteiger partial charge in [-0.3, -0.25) is 24.1 Å². The van der Waals surface area contributed by atoms with Crippen LogP contribution < -0.4 is 26.4 Å². The van der Waals surface area contributed by atoms with Crippen molar-refractivity contribution in [2.24, 2.45) is 5.16 Å². The Labute approximate surface area is 348 Å². The van der Waals surface area contributed by atoms with Crippen molar-refractivity contribution in [2.45, 2.75) is 97.2 Å². The number of nitrogens with one attached hydrogen (secondary N) is 3. The SMILES string of the molecule is CC(C)(C)OC(=O)NCCCn1cc(-c2ccc(OCC(ON=C(C(=O)NC3C(=O)N(OS(=O)(=O)O)C3(C)C)c3csc(NC(=O)OC(C)(C)C)n3)C(=O)O)cc2)c(N)n1. The normalized spacial score (nSPS) is 15.9. The standard InChI is InChI=1S/C35H47N9O14S2/c1-33(2,3)55-31(49)37-14-9-15-43-16-21(26(36)41-43)19-10-12-20(13-11-19)54-17-23(29(47)48)57-42-24(22-18-59-30(38-22)40-32(50)56-34(4,5)6)27(45)39-25-28(46)44(35(25,7)8)58-60(51,52)53/h10-13,16,18,23,25H,9,14-15,17H2,1-8H3,(H2,36,41)(H,37,49)(H,39,45)(H,47,48)(H,38,40,50)(H,51,52,53). The molecule has 3 aromatic rings. The minimum absolute atomic E-state index is 0.0456. The maximum Gasteiger partial charge on any atom is 0.418 e. The molecule has 0 saturated carbocycles. The van der Waals surface area contributed by atoms with E-state index < -0.39 is 81.6 Å². The average molecular weight is 882 g/mol. The van der Waals surface area contributed by atoms with E-state index in [0.29, 0.717) is 35.7 Å². The molecule has 4 rings (SSSR count). The van der Waals surface area contributed by atoms with Crippen molar-refractivity contribution >= 4 is 68.4 Å². The summed E-state index contributed by atoms with van der Waals surface area (Å²) >= 11 is 0.850. The Balaban J connectivity index is 1.45. The number of nitrogens with zero attached hydrogens (tertiary/aromatic N) is 5. The number of hydrogen-bond donors (Lipinski definition) is 6. The number of nitrogens with two attached hydrogens (primary N) is 1. The van der Waals surface area contributed by atoms with E-state index in [1.807, 2.05) is 0 Å². The number of carboxylic acid groups (broad SMARTS) is 1. The highest BCUT2D eigenvalue weighted by Gasteiger charge is 2.58. The molecule has 0 bridgehead atoms. The van der Waals surface area contributed by atoms with Crippen LogP contribution in [0.4, 0.5) is 20.5 Å². The van der Waals surface area contributed by atoms with Gasteiger partial charge in [-0.05, 0) is 79.5 Å². The maximum absolute atomic E-state index is 13.6. The minimum atomic E-state index is -5.09. The molecule has 0 spiro atoms. The number of alkyl carbamates (subject to hydrolysis) is 1. The highest BCUT2D eigenvalue weighted by Crippen LogP contribution is 2.33. The van der Waals surface area contributed by atoms with Crippen LogP contribution in [0.5, 0.6) is 5.75 Å². The monoisotopic (exact) mass is 881 g/mol. The van der Waals surface area contributed by atoms with Gasteiger partial charge in [-0.2, -0.15) is 18.6 Å². The van der Waals surface area contributed by atoms with Crippen LogP contribution >= 0.6 is 11.3 Å². The van der Waals surface area contributed by atoms with Crippen molar-refractivity contribution in [3.8, 4) is 16.9 Å². The second kappa shape index (κ2) is 18.5. The van der Waals surface area contributed by atoms with E-state index >= 15 is 0 Å². The highest BCUT2D eigenvalue weighted by atomic mass is 32.3. The van der Waals surface area contributed by atoms with Crippen LogP contribution in [-0.4, -0.2) is 116 Å². The topological polar surface area (TPSA) is 315 Å². The summed E-state index contributed by atoms with van der Waals surface area (Å²) in [6.45, 7) is 13.1. The number of carbonyl (C=O) groups is 5. The zero-order chi connectivity index (χ0) is 44.8. The van der Waals surface area contributed by atoms with Crippen molar-refractivity contribution in [1.82, 2.24) is 30.5 Å². The molecule has 0 aliphatic carbocycles. The largest absolute Gasteiger partial charge is 0.489 e. The Kier molecular flexibility index (Phi) is 14.4. The number of aromatic nitrogens is 3. The number of amides is 4. The van der Waals surface area contributed by atoms with Gasteiger partial charge >= 0.3 is 28.6 Å². The molecule has 1 fully saturated rings. The van der Waals surface area contributed by atoms with E-state index in [9.17, 15) is 37.5 Å². The Hall–Kier alpha value is -6.05. The molecule has 0 radical (unpaired) electrons. The van der Waals surface area contributed by atoms with Crippen LogP contribution in [0.2, 0.25) is 0 Å². The summed E-state index contributed by atoms with van der Waals surface area (Å²) < 4.78 is 53.6. The number of nitrogen functional groups attached to an aromatic ring is 1. The number of rotatable bonds is 17. The fourth-order valence-electron chi connectivity index (χ4n) is 5.14. The first-order valence-electron chi connectivity index (χ1n) is 18.0. The number of hydrogen-bond acceptors (Lipinski definition) is 17. The van der Waals surface area contributed by atoms with Gasteiger partial charge in [0.1, 0.15) is 35.3 Å². The highest BCUT2D eigenvalue weighted by molar-refractivity contribution is 7.80. The van der Waals surface area contributed by atoms with Gasteiger partial charge in [0, 0.05) is 30.2 Å². The molecule has 1 aliphatic heterocycles. The summed E-state index contributed by atoms with van der Waals surface area (Å²) in [6, 6.07) is 5.03. The number of carbonyl (C=O) groups excluding carboxylic acids is 4. The lowest BCUT2D eigenvalue weighted by molar-refractivity contribution is -0.218. The van der Waals surface area contributed by atoms with Crippen molar-refractivity contribution in [3.63, 3.8) is 0 Å². The van der Waals surface area contributed by atoms with E-state index in [-0.39, 0.29) is 22.4 Å². The van der Waals surface area contributed by atoms with Gasteiger partial charge in [0.05, 0.1) is 5.54 Å². The predicted octanol–water partition coefficient (Wildman–Crippen LogP) is 2.94. The van der Waals surface area contributed by atoms with Gasteiger partial charge in [-0.1, -0.05) is 17.3 Å². The van der Waals surface area contributed by atoms with Crippen LogP contribution in [-0.2, 0) is 49.9 Å². The van der Waals surface area contributed by atoms with Crippen molar-refractivity contribution < 1.29 is 65.4 Å². The molecule has 2 atom stereocenters. The lowest BCUT2D eigenvalue weighted by atomic mass is 9.84. The van der Waals surface area contributed by atoms with Crippen molar-refractivity contribution in [1.29, 1.82) is 0 Å². The number of benzene rings is 1. The van der Waals surface area contributed by atoms with Crippen LogP contribution in [0, 0.1) is 0 Å². The van der Waals surface area contributed by atoms with E-state index in [4.69, 9.17) is 29.3 Å². The first-order chi connectivity index (χ1) is 27.7. The van der Waals surface area contributed by atoms with Crippen molar-refractivity contribution in [2.75, 3.05) is 24.2 Å². The molecule has 1 aliphatic rings. The molecule has 60 heavy (non-hydrogen) atoms. The molecule has 25 heteroatoms. The number of carboxylic acids is 1. The van der Waals surface area contributed by atoms with Crippen LogP contribution in [0.1, 0.15) is 67.5 Å². The fraction of sp³-hybridized carbons (Fsp3) is 0.486. The Morgan fingerprint density at radius 3 is 2.27 bits per heavy atom. The van der Waals surface area contributed by atoms with Gasteiger partial charge < -0.3 is 40.5 Å². The first-order valence-corrected chi connectivity index (χ1v) is 20.2. The summed E-state index contributed by atoms with van der Waals surface area (Å²) in [4.78, 5) is 72.2. The van der Waals surface area contributed by atoms with Crippen LogP contribution in [0.15, 0.2) is 41.0 Å². The Morgan fingerprint density at radius 1 is 1.05 bits per heavy atom. The average Bonchev–Trinajstić information content (AvgIpc) is 3.73. The van der Waals surface area contributed by atoms with Gasteiger partial charge in [0.15, 0.2) is 16.7 Å². The molecule has 3 heterocycles. The quantitative estimate of drug-likeness (QED) is 0.0373. The summed E-state index contributed by atoms with van der Waals surface area (Å²) in [5, 5.41) is 27.0. The van der Waals surface area contributed by atoms with Gasteiger partial charge in [0.2, 0.25) is 0 Å². The lowest BCUT2D eigenvalue weighted by Crippen LogP contribution is -2.76. The Bertz CT molecular complexity index is 2210. The van der Waals surface area contributed by atoms with Crippen molar-refractivity contribution in [3.05, 3.63) is 41.5 Å². The van der Waals surface area contributed by atoms with E-state index in [0.717, 1.165) is 11.3 Å². The summed E-state index contributed by atoms with van der Waals surface area (Å²) in [5.41, 5.74) is 3.61. The zero-order valence-electron chi connectivity index (χ0n) is 33.9. The summed E-state index contributed by atoms with van der Waals surface area (Å²) in [7, 11) is -5.09. The number of anilines is 2. The third kappa shape index (κ3) is 13.2. The number of aliphatic carboxylic acids is 1. The predicted molar refractivity (Wildman–Crippen MR) is 213 cm³/mol. The third-order valence-corrected chi connectivity index (χ3v) is 8.92. The van der Waals surface area contributed by atoms with Gasteiger partial charge in [0.25, 0.3) is 17.9 Å². The van der Waals surface area contributed by atoms with E-state index in [2.05, 4.69) is 35.5 Å². The smallest absolute Gasteiger partial charge is 0.418 e. The van der Waals surface area contributed by atoms with Crippen LogP contribution in [0.3, 0.4) is 0 Å². The molecule has 4 amide bonds. The maximum atomic E-state index is 13.6. The number of hydroxylamine groups is 2. The second-order valence-electron chi connectivity index (χ2n) is 15.5. The molecular formula is C35H47N9O14S2. The van der Waals surface area contributed by atoms with Gasteiger partial charge in [-0.25, -0.2) is 19.4 Å². The third-order valence-electron chi connectivity index (χ3n) is 7.83.